The number of para-hydroxylation sites is 1. The number of H-pyrrole nitrogens is 1. The molecular formula is C27H38N4O3. The minimum absolute atomic E-state index is 0.0380. The Hall–Kier alpha value is -2.67. The third-order valence-corrected chi connectivity index (χ3v) is 7.04. The standard InChI is InChI=1S/C27H38N4O3/c1-2-20(32)11-5-3-6-13-22-26-28-19-23(29-26)21-12-7-8-14-25(21)34-18-10-4-9-16-31-17-15-24(31)27(33)30-22/h7-8,12,14,19,22,24H,2-6,9-11,13,15-18H2,1H3,(H,28,29)(H,30,33)/t22-,24?/m0/s1. The van der Waals surface area contributed by atoms with Gasteiger partial charge in [-0.1, -0.05) is 31.9 Å². The molecule has 2 N–H and O–H groups in total. The number of fused-ring (bicyclic) bond motifs is 5. The number of nitrogens with one attached hydrogen (secondary N) is 2. The minimum atomic E-state index is -0.174. The number of hydrogen-bond acceptors (Lipinski definition) is 5. The van der Waals surface area contributed by atoms with Crippen molar-refractivity contribution < 1.29 is 14.3 Å². The number of benzene rings is 1. The van der Waals surface area contributed by atoms with Gasteiger partial charge in [0.15, 0.2) is 0 Å². The molecular weight excluding hydrogens is 428 g/mol. The van der Waals surface area contributed by atoms with Crippen LogP contribution in [0.1, 0.15) is 83.0 Å². The highest BCUT2D eigenvalue weighted by molar-refractivity contribution is 5.83. The predicted octanol–water partition coefficient (Wildman–Crippen LogP) is 4.80. The first-order chi connectivity index (χ1) is 16.7. The normalized spacial score (nSPS) is 21.5. The van der Waals surface area contributed by atoms with Gasteiger partial charge in [0.2, 0.25) is 5.91 Å². The Bertz CT molecular complexity index is 957. The lowest BCUT2D eigenvalue weighted by molar-refractivity contribution is -0.131. The second-order valence-corrected chi connectivity index (χ2v) is 9.48. The number of nitrogens with zero attached hydrogens (tertiary/aromatic N) is 2. The molecule has 0 spiro atoms. The van der Waals surface area contributed by atoms with Crippen LogP contribution in [0.5, 0.6) is 5.75 Å². The number of carbonyl (C=O) groups excluding carboxylic acids is 2. The fraction of sp³-hybridized carbons (Fsp3) is 0.593. The Kier molecular flexibility index (Phi) is 8.74. The number of rotatable bonds is 7. The summed E-state index contributed by atoms with van der Waals surface area (Å²) in [6.07, 6.45) is 10.8. The number of unbranched alkanes of at least 4 members (excludes halogenated alkanes) is 2. The zero-order valence-corrected chi connectivity index (χ0v) is 20.4. The summed E-state index contributed by atoms with van der Waals surface area (Å²) in [4.78, 5) is 35.2. The van der Waals surface area contributed by atoms with Gasteiger partial charge in [-0.05, 0) is 57.2 Å². The average Bonchev–Trinajstić information content (AvgIpc) is 3.31. The Morgan fingerprint density at radius 1 is 1.15 bits per heavy atom. The maximum Gasteiger partial charge on any atom is 0.237 e. The van der Waals surface area contributed by atoms with E-state index in [-0.39, 0.29) is 18.0 Å². The van der Waals surface area contributed by atoms with Gasteiger partial charge in [-0.15, -0.1) is 0 Å². The highest BCUT2D eigenvalue weighted by Gasteiger charge is 2.35. The molecule has 2 bridgehead atoms. The molecule has 4 rings (SSSR count). The van der Waals surface area contributed by atoms with Crippen LogP contribution in [0.25, 0.3) is 11.3 Å². The summed E-state index contributed by atoms with van der Waals surface area (Å²) in [5, 5.41) is 3.29. The highest BCUT2D eigenvalue weighted by atomic mass is 16.5. The molecule has 0 saturated carbocycles. The van der Waals surface area contributed by atoms with E-state index in [1.54, 1.807) is 0 Å². The summed E-state index contributed by atoms with van der Waals surface area (Å²) >= 11 is 0. The molecule has 1 unspecified atom stereocenters. The van der Waals surface area contributed by atoms with E-state index in [4.69, 9.17) is 4.74 Å². The van der Waals surface area contributed by atoms with Crippen molar-refractivity contribution in [2.75, 3.05) is 19.7 Å². The van der Waals surface area contributed by atoms with E-state index in [0.29, 0.717) is 25.2 Å². The van der Waals surface area contributed by atoms with Crippen LogP contribution in [0.2, 0.25) is 0 Å². The molecule has 2 atom stereocenters. The molecule has 2 aliphatic heterocycles. The molecule has 0 radical (unpaired) electrons. The van der Waals surface area contributed by atoms with Crippen molar-refractivity contribution in [3.63, 3.8) is 0 Å². The fourth-order valence-corrected chi connectivity index (χ4v) is 4.82. The van der Waals surface area contributed by atoms with Crippen LogP contribution >= 0.6 is 0 Å². The van der Waals surface area contributed by atoms with Gasteiger partial charge in [0.1, 0.15) is 17.4 Å². The SMILES string of the molecule is CCC(=O)CCCCC[C@@H]1NC(=O)C2CCN2CCCCCOc2ccccc2-c2cnc1[nH]2. The second kappa shape index (κ2) is 12.2. The first-order valence-corrected chi connectivity index (χ1v) is 13.0. The van der Waals surface area contributed by atoms with Crippen molar-refractivity contribution in [1.29, 1.82) is 0 Å². The summed E-state index contributed by atoms with van der Waals surface area (Å²) in [5.74, 6) is 2.06. The average molecular weight is 467 g/mol. The van der Waals surface area contributed by atoms with Gasteiger partial charge in [0.05, 0.1) is 30.6 Å². The molecule has 1 aromatic heterocycles. The van der Waals surface area contributed by atoms with E-state index >= 15 is 0 Å². The molecule has 1 saturated heterocycles. The number of amides is 1. The number of aromatic nitrogens is 2. The zero-order chi connectivity index (χ0) is 23.8. The maximum atomic E-state index is 13.2. The van der Waals surface area contributed by atoms with Crippen molar-refractivity contribution in [2.45, 2.75) is 83.2 Å². The van der Waals surface area contributed by atoms with Gasteiger partial charge < -0.3 is 15.0 Å². The van der Waals surface area contributed by atoms with E-state index in [0.717, 1.165) is 87.3 Å². The fourth-order valence-electron chi connectivity index (χ4n) is 4.82. The van der Waals surface area contributed by atoms with Crippen LogP contribution in [0.15, 0.2) is 30.5 Å². The van der Waals surface area contributed by atoms with E-state index in [1.807, 2.05) is 37.4 Å². The van der Waals surface area contributed by atoms with Crippen LogP contribution < -0.4 is 10.1 Å². The number of carbonyl (C=O) groups is 2. The zero-order valence-electron chi connectivity index (χ0n) is 20.4. The van der Waals surface area contributed by atoms with Crippen LogP contribution in [-0.4, -0.2) is 52.3 Å². The third-order valence-electron chi connectivity index (χ3n) is 7.04. The minimum Gasteiger partial charge on any atom is -0.493 e. The number of imidazole rings is 1. The first-order valence-electron chi connectivity index (χ1n) is 13.0. The summed E-state index contributed by atoms with van der Waals surface area (Å²) in [6, 6.07) is 7.82. The quantitative estimate of drug-likeness (QED) is 0.572. The number of ether oxygens (including phenoxy) is 1. The lowest BCUT2D eigenvalue weighted by Crippen LogP contribution is -2.56. The van der Waals surface area contributed by atoms with Crippen LogP contribution in [-0.2, 0) is 9.59 Å². The molecule has 3 heterocycles. The van der Waals surface area contributed by atoms with E-state index < -0.39 is 0 Å². The molecule has 1 amide bonds. The molecule has 1 aromatic carbocycles. The Morgan fingerprint density at radius 2 is 2.03 bits per heavy atom. The summed E-state index contributed by atoms with van der Waals surface area (Å²) in [6.45, 7) is 4.54. The maximum absolute atomic E-state index is 13.2. The molecule has 34 heavy (non-hydrogen) atoms. The van der Waals surface area contributed by atoms with Crippen LogP contribution in [0, 0.1) is 0 Å². The number of hydrogen-bond donors (Lipinski definition) is 2. The largest absolute Gasteiger partial charge is 0.493 e. The van der Waals surface area contributed by atoms with Crippen molar-refractivity contribution in [1.82, 2.24) is 20.2 Å². The molecule has 7 heteroatoms. The van der Waals surface area contributed by atoms with Crippen LogP contribution in [0.4, 0.5) is 0 Å². The van der Waals surface area contributed by atoms with Crippen molar-refractivity contribution in [3.8, 4) is 17.0 Å². The number of ketones is 1. The van der Waals surface area contributed by atoms with Gasteiger partial charge in [-0.2, -0.15) is 0 Å². The molecule has 2 aromatic rings. The molecule has 184 valence electrons. The topological polar surface area (TPSA) is 87.3 Å². The highest BCUT2D eigenvalue weighted by Crippen LogP contribution is 2.31. The van der Waals surface area contributed by atoms with Gasteiger partial charge in [-0.25, -0.2) is 4.98 Å². The lowest BCUT2D eigenvalue weighted by atomic mass is 9.99. The van der Waals surface area contributed by atoms with Crippen molar-refractivity contribution in [2.24, 2.45) is 0 Å². The van der Waals surface area contributed by atoms with Gasteiger partial charge in [-0.3, -0.25) is 14.5 Å². The second-order valence-electron chi connectivity index (χ2n) is 9.48. The Morgan fingerprint density at radius 3 is 2.85 bits per heavy atom. The van der Waals surface area contributed by atoms with E-state index in [9.17, 15) is 9.59 Å². The van der Waals surface area contributed by atoms with Gasteiger partial charge >= 0.3 is 0 Å². The van der Waals surface area contributed by atoms with Crippen molar-refractivity contribution >= 4 is 11.7 Å². The first kappa shape index (κ1) is 24.5. The summed E-state index contributed by atoms with van der Waals surface area (Å²) in [5.41, 5.74) is 1.89. The summed E-state index contributed by atoms with van der Waals surface area (Å²) < 4.78 is 6.12. The third kappa shape index (κ3) is 6.26. The summed E-state index contributed by atoms with van der Waals surface area (Å²) in [7, 11) is 0. The molecule has 7 nitrogen and oxygen atoms in total. The Labute approximate surface area is 202 Å². The van der Waals surface area contributed by atoms with E-state index in [2.05, 4.69) is 20.2 Å². The number of Topliss-reactive ketones (excluding diaryl/α,β-unsaturated/α-hetero) is 1. The molecule has 0 aliphatic carbocycles. The predicted molar refractivity (Wildman–Crippen MR) is 133 cm³/mol. The smallest absolute Gasteiger partial charge is 0.237 e. The molecule has 1 fully saturated rings. The van der Waals surface area contributed by atoms with Gasteiger partial charge in [0.25, 0.3) is 0 Å². The Balaban J connectivity index is 1.51. The number of aromatic amines is 1. The van der Waals surface area contributed by atoms with Crippen molar-refractivity contribution in [3.05, 3.63) is 36.3 Å². The monoisotopic (exact) mass is 466 g/mol. The molecule has 2 aliphatic rings. The van der Waals surface area contributed by atoms with Crippen LogP contribution in [0.3, 0.4) is 0 Å². The lowest BCUT2D eigenvalue weighted by Gasteiger charge is -2.40. The van der Waals surface area contributed by atoms with Gasteiger partial charge in [0, 0.05) is 24.9 Å². The van der Waals surface area contributed by atoms with E-state index in [1.165, 1.54) is 0 Å².